The average molecular weight is 440 g/mol. The van der Waals surface area contributed by atoms with Crippen molar-refractivity contribution >= 4 is 22.7 Å². The predicted octanol–water partition coefficient (Wildman–Crippen LogP) is 5.51. The van der Waals surface area contributed by atoms with Gasteiger partial charge in [0.15, 0.2) is 5.43 Å². The minimum atomic E-state index is -0.664. The Hall–Kier alpha value is -3.93. The number of benzene rings is 2. The van der Waals surface area contributed by atoms with Crippen LogP contribution in [0.2, 0.25) is 0 Å². The lowest BCUT2D eigenvalue weighted by atomic mass is 9.98. The Bertz CT molecular complexity index is 1360. The number of carbonyl (C=O) groups excluding carboxylic acids is 1. The molecule has 2 aromatic carbocycles. The van der Waals surface area contributed by atoms with Gasteiger partial charge in [-0.2, -0.15) is 0 Å². The van der Waals surface area contributed by atoms with Crippen LogP contribution in [-0.4, -0.2) is 17.5 Å². The molecule has 0 saturated carbocycles. The Labute approximate surface area is 191 Å². The van der Waals surface area contributed by atoms with Crippen molar-refractivity contribution in [1.29, 1.82) is 0 Å². The van der Waals surface area contributed by atoms with Gasteiger partial charge in [0.2, 0.25) is 5.76 Å². The first-order valence-electron chi connectivity index (χ1n) is 11.2. The molecule has 3 heterocycles. The number of anilines is 1. The molecule has 1 aliphatic heterocycles. The molecule has 4 aromatic rings. The number of hydrogen-bond donors (Lipinski definition) is 0. The largest absolute Gasteiger partial charge is 0.494 e. The van der Waals surface area contributed by atoms with E-state index in [1.807, 2.05) is 30.3 Å². The molecule has 1 aliphatic rings. The summed E-state index contributed by atoms with van der Waals surface area (Å²) in [5, 5.41) is 0.448. The number of ether oxygens (including phenoxy) is 1. The van der Waals surface area contributed by atoms with E-state index >= 15 is 0 Å². The number of unbranched alkanes of at least 4 members (excludes halogenated alkanes) is 2. The Morgan fingerprint density at radius 2 is 1.85 bits per heavy atom. The molecular weight excluding hydrogens is 416 g/mol. The van der Waals surface area contributed by atoms with Crippen LogP contribution in [0.5, 0.6) is 5.75 Å². The Morgan fingerprint density at radius 3 is 2.67 bits per heavy atom. The van der Waals surface area contributed by atoms with Crippen molar-refractivity contribution < 1.29 is 13.9 Å². The molecule has 33 heavy (non-hydrogen) atoms. The van der Waals surface area contributed by atoms with E-state index in [4.69, 9.17) is 9.15 Å². The summed E-state index contributed by atoms with van der Waals surface area (Å²) in [5.41, 5.74) is 1.28. The lowest BCUT2D eigenvalue weighted by molar-refractivity contribution is 0.0970. The van der Waals surface area contributed by atoms with E-state index in [0.717, 1.165) is 24.8 Å². The van der Waals surface area contributed by atoms with E-state index in [1.54, 1.807) is 42.6 Å². The van der Waals surface area contributed by atoms with Crippen molar-refractivity contribution in [2.24, 2.45) is 0 Å². The van der Waals surface area contributed by atoms with Crippen molar-refractivity contribution in [3.8, 4) is 5.75 Å². The van der Waals surface area contributed by atoms with Crippen molar-refractivity contribution in [2.45, 2.75) is 32.2 Å². The molecule has 1 atom stereocenters. The van der Waals surface area contributed by atoms with Gasteiger partial charge in [0, 0.05) is 6.20 Å². The summed E-state index contributed by atoms with van der Waals surface area (Å²) in [6, 6.07) is 19.3. The molecule has 6 nitrogen and oxygen atoms in total. The van der Waals surface area contributed by atoms with Gasteiger partial charge in [-0.25, -0.2) is 4.98 Å². The number of pyridine rings is 1. The number of para-hydroxylation sites is 1. The maximum Gasteiger partial charge on any atom is 0.296 e. The highest BCUT2D eigenvalue weighted by atomic mass is 16.5. The molecule has 0 spiro atoms. The van der Waals surface area contributed by atoms with Crippen molar-refractivity contribution in [3.05, 3.63) is 100 Å². The Kier molecular flexibility index (Phi) is 5.65. The van der Waals surface area contributed by atoms with Crippen molar-refractivity contribution in [2.75, 3.05) is 11.5 Å². The van der Waals surface area contributed by atoms with E-state index in [1.165, 1.54) is 4.90 Å². The molecule has 6 heteroatoms. The van der Waals surface area contributed by atoms with E-state index in [-0.39, 0.29) is 17.1 Å². The lowest BCUT2D eigenvalue weighted by Crippen LogP contribution is -2.30. The first-order valence-corrected chi connectivity index (χ1v) is 11.2. The van der Waals surface area contributed by atoms with Crippen molar-refractivity contribution in [3.63, 3.8) is 0 Å². The highest BCUT2D eigenvalue weighted by Crippen LogP contribution is 2.41. The quantitative estimate of drug-likeness (QED) is 0.355. The monoisotopic (exact) mass is 440 g/mol. The fourth-order valence-electron chi connectivity index (χ4n) is 4.28. The summed E-state index contributed by atoms with van der Waals surface area (Å²) in [6.07, 6.45) is 4.82. The number of amides is 1. The molecule has 0 saturated heterocycles. The van der Waals surface area contributed by atoms with Gasteiger partial charge in [-0.3, -0.25) is 14.5 Å². The fourth-order valence-corrected chi connectivity index (χ4v) is 4.28. The molecule has 5 rings (SSSR count). The minimum Gasteiger partial charge on any atom is -0.494 e. The third-order valence-corrected chi connectivity index (χ3v) is 5.86. The van der Waals surface area contributed by atoms with Crippen LogP contribution in [0.1, 0.15) is 53.9 Å². The van der Waals surface area contributed by atoms with Crippen LogP contribution >= 0.6 is 0 Å². The maximum atomic E-state index is 13.6. The van der Waals surface area contributed by atoms with Crippen LogP contribution in [-0.2, 0) is 0 Å². The zero-order chi connectivity index (χ0) is 22.8. The summed E-state index contributed by atoms with van der Waals surface area (Å²) in [4.78, 5) is 33.0. The zero-order valence-corrected chi connectivity index (χ0v) is 18.4. The maximum absolute atomic E-state index is 13.6. The summed E-state index contributed by atoms with van der Waals surface area (Å²) in [5.74, 6) is 0.835. The lowest BCUT2D eigenvalue weighted by Gasteiger charge is -2.24. The van der Waals surface area contributed by atoms with Gasteiger partial charge < -0.3 is 9.15 Å². The molecule has 0 N–H and O–H groups in total. The SMILES string of the molecule is CCCCCOc1cccc([C@H]2c3c(oc4ccccc4c3=O)C(=O)N2c2ccccn2)c1. The van der Waals surface area contributed by atoms with Crippen LogP contribution in [0.3, 0.4) is 0 Å². The van der Waals surface area contributed by atoms with Gasteiger partial charge in [0.05, 0.1) is 23.6 Å². The summed E-state index contributed by atoms with van der Waals surface area (Å²) in [7, 11) is 0. The molecule has 2 aromatic heterocycles. The average Bonchev–Trinajstić information content (AvgIpc) is 3.15. The summed E-state index contributed by atoms with van der Waals surface area (Å²) < 4.78 is 11.9. The van der Waals surface area contributed by atoms with Crippen LogP contribution in [0.4, 0.5) is 5.82 Å². The second-order valence-corrected chi connectivity index (χ2v) is 8.06. The molecule has 0 radical (unpaired) electrons. The van der Waals surface area contributed by atoms with Crippen LogP contribution in [0, 0.1) is 0 Å². The number of rotatable bonds is 7. The number of fused-ring (bicyclic) bond motifs is 2. The number of nitrogens with zero attached hydrogens (tertiary/aromatic N) is 2. The zero-order valence-electron chi connectivity index (χ0n) is 18.4. The molecule has 0 bridgehead atoms. The second-order valence-electron chi connectivity index (χ2n) is 8.06. The third-order valence-electron chi connectivity index (χ3n) is 5.86. The van der Waals surface area contributed by atoms with Gasteiger partial charge in [-0.05, 0) is 48.4 Å². The van der Waals surface area contributed by atoms with Crippen molar-refractivity contribution in [1.82, 2.24) is 4.98 Å². The molecule has 0 fully saturated rings. The van der Waals surface area contributed by atoms with Gasteiger partial charge in [-0.1, -0.05) is 50.1 Å². The molecule has 166 valence electrons. The first-order chi connectivity index (χ1) is 16.2. The van der Waals surface area contributed by atoms with E-state index in [0.29, 0.717) is 34.7 Å². The summed E-state index contributed by atoms with van der Waals surface area (Å²) >= 11 is 0. The Balaban J connectivity index is 1.65. The van der Waals surface area contributed by atoms with Gasteiger partial charge in [0.25, 0.3) is 5.91 Å². The fraction of sp³-hybridized carbons (Fsp3) is 0.222. The normalized spacial score (nSPS) is 15.1. The third kappa shape index (κ3) is 3.78. The molecule has 1 amide bonds. The summed E-state index contributed by atoms with van der Waals surface area (Å²) in [6.45, 7) is 2.77. The van der Waals surface area contributed by atoms with Gasteiger partial charge in [-0.15, -0.1) is 0 Å². The van der Waals surface area contributed by atoms with E-state index < -0.39 is 6.04 Å². The molecule has 0 unspecified atom stereocenters. The van der Waals surface area contributed by atoms with Crippen LogP contribution in [0.25, 0.3) is 11.0 Å². The van der Waals surface area contributed by atoms with Gasteiger partial charge in [0.1, 0.15) is 17.2 Å². The highest BCUT2D eigenvalue weighted by Gasteiger charge is 2.44. The number of carbonyl (C=O) groups is 1. The van der Waals surface area contributed by atoms with E-state index in [2.05, 4.69) is 11.9 Å². The standard InChI is InChI=1S/C27H24N2O4/c1-2-3-8-16-32-19-11-9-10-18(17-19)24-23-25(30)20-12-4-5-13-21(20)33-26(23)27(31)29(24)22-14-6-7-15-28-22/h4-7,9-15,17,24H,2-3,8,16H2,1H3/t24-/m0/s1. The number of hydrogen-bond acceptors (Lipinski definition) is 5. The van der Waals surface area contributed by atoms with Gasteiger partial charge >= 0.3 is 0 Å². The Morgan fingerprint density at radius 1 is 1.00 bits per heavy atom. The first kappa shape index (κ1) is 20.9. The topological polar surface area (TPSA) is 72.6 Å². The van der Waals surface area contributed by atoms with Crippen LogP contribution < -0.4 is 15.1 Å². The minimum absolute atomic E-state index is 0.0589. The predicted molar refractivity (Wildman–Crippen MR) is 127 cm³/mol. The van der Waals surface area contributed by atoms with E-state index in [9.17, 15) is 9.59 Å². The highest BCUT2D eigenvalue weighted by molar-refractivity contribution is 6.10. The van der Waals surface area contributed by atoms with Crippen LogP contribution in [0.15, 0.2) is 82.1 Å². The molecular formula is C27H24N2O4. The number of aromatic nitrogens is 1. The smallest absolute Gasteiger partial charge is 0.296 e. The second kappa shape index (κ2) is 8.90. The molecule has 0 aliphatic carbocycles.